The van der Waals surface area contributed by atoms with Gasteiger partial charge in [-0.3, -0.25) is 0 Å². The molecule has 0 bridgehead atoms. The van der Waals surface area contributed by atoms with E-state index in [4.69, 9.17) is 16.9 Å². The van der Waals surface area contributed by atoms with Crippen LogP contribution in [-0.2, 0) is 4.79 Å². The standard InChI is InChI=1S/C14H14ClN3O3/c1-14(12(19)20)5-2-6-18(14)13(21)17-10-4-3-9(8-16)11(15)7-10/h3-4,7H,2,5-6H2,1H3,(H,17,21)(H,19,20). The molecule has 7 heteroatoms. The Morgan fingerprint density at radius 3 is 2.81 bits per heavy atom. The molecule has 110 valence electrons. The minimum absolute atomic E-state index is 0.234. The number of carboxylic acids is 1. The van der Waals surface area contributed by atoms with Crippen molar-refractivity contribution in [3.8, 4) is 6.07 Å². The molecule has 1 atom stereocenters. The van der Waals surface area contributed by atoms with Crippen LogP contribution in [0.4, 0.5) is 10.5 Å². The summed E-state index contributed by atoms with van der Waals surface area (Å²) in [5.41, 5.74) is -0.463. The molecule has 0 aliphatic carbocycles. The smallest absolute Gasteiger partial charge is 0.329 e. The molecule has 1 aromatic carbocycles. The van der Waals surface area contributed by atoms with Crippen LogP contribution in [0.15, 0.2) is 18.2 Å². The molecule has 6 nitrogen and oxygen atoms in total. The quantitative estimate of drug-likeness (QED) is 0.878. The summed E-state index contributed by atoms with van der Waals surface area (Å²) < 4.78 is 0. The topological polar surface area (TPSA) is 93.4 Å². The van der Waals surface area contributed by atoms with Gasteiger partial charge in [-0.05, 0) is 38.0 Å². The molecule has 2 N–H and O–H groups in total. The van der Waals surface area contributed by atoms with E-state index in [9.17, 15) is 14.7 Å². The van der Waals surface area contributed by atoms with Gasteiger partial charge in [0.15, 0.2) is 0 Å². The van der Waals surface area contributed by atoms with Gasteiger partial charge in [-0.15, -0.1) is 0 Å². The van der Waals surface area contributed by atoms with E-state index in [-0.39, 0.29) is 5.02 Å². The first-order chi connectivity index (χ1) is 9.88. The van der Waals surface area contributed by atoms with Crippen molar-refractivity contribution < 1.29 is 14.7 Å². The number of rotatable bonds is 2. The summed E-state index contributed by atoms with van der Waals surface area (Å²) in [6.07, 6.45) is 1.06. The van der Waals surface area contributed by atoms with Crippen molar-refractivity contribution in [2.24, 2.45) is 0 Å². The highest BCUT2D eigenvalue weighted by molar-refractivity contribution is 6.32. The van der Waals surface area contributed by atoms with Crippen LogP contribution in [0, 0.1) is 11.3 Å². The Kier molecular flexibility index (Phi) is 4.05. The van der Waals surface area contributed by atoms with E-state index >= 15 is 0 Å². The van der Waals surface area contributed by atoms with Gasteiger partial charge < -0.3 is 15.3 Å². The van der Waals surface area contributed by atoms with E-state index in [0.29, 0.717) is 30.6 Å². The Labute approximate surface area is 126 Å². The lowest BCUT2D eigenvalue weighted by atomic mass is 10.00. The second-order valence-electron chi connectivity index (χ2n) is 5.07. The molecule has 0 spiro atoms. The van der Waals surface area contributed by atoms with Crippen molar-refractivity contribution in [1.29, 1.82) is 5.26 Å². The van der Waals surface area contributed by atoms with Gasteiger partial charge in [0.25, 0.3) is 0 Å². The first-order valence-electron chi connectivity index (χ1n) is 6.40. The molecular weight excluding hydrogens is 294 g/mol. The Balaban J connectivity index is 2.17. The van der Waals surface area contributed by atoms with E-state index < -0.39 is 17.5 Å². The first-order valence-corrected chi connectivity index (χ1v) is 6.78. The second-order valence-corrected chi connectivity index (χ2v) is 5.48. The fourth-order valence-electron chi connectivity index (χ4n) is 2.39. The SMILES string of the molecule is CC1(C(=O)O)CCCN1C(=O)Nc1ccc(C#N)c(Cl)c1. The second kappa shape index (κ2) is 5.62. The number of nitrogens with one attached hydrogen (secondary N) is 1. The number of aliphatic carboxylic acids is 1. The summed E-state index contributed by atoms with van der Waals surface area (Å²) in [6, 6.07) is 5.95. The van der Waals surface area contributed by atoms with Crippen molar-refractivity contribution in [3.05, 3.63) is 28.8 Å². The number of amides is 2. The third-order valence-corrected chi connectivity index (χ3v) is 4.00. The first kappa shape index (κ1) is 15.1. The van der Waals surface area contributed by atoms with Crippen molar-refractivity contribution in [3.63, 3.8) is 0 Å². The summed E-state index contributed by atoms with van der Waals surface area (Å²) in [7, 11) is 0. The normalized spacial score (nSPS) is 20.9. The number of nitrogens with zero attached hydrogens (tertiary/aromatic N) is 2. The van der Waals surface area contributed by atoms with Crippen LogP contribution in [0.5, 0.6) is 0 Å². The number of halogens is 1. The summed E-state index contributed by atoms with van der Waals surface area (Å²) in [5, 5.41) is 20.9. The van der Waals surface area contributed by atoms with Crippen LogP contribution in [0.25, 0.3) is 0 Å². The summed E-state index contributed by atoms with van der Waals surface area (Å²) >= 11 is 5.90. The van der Waals surface area contributed by atoms with Gasteiger partial charge in [0, 0.05) is 12.2 Å². The average molecular weight is 308 g/mol. The van der Waals surface area contributed by atoms with Gasteiger partial charge in [-0.2, -0.15) is 5.26 Å². The Morgan fingerprint density at radius 1 is 1.52 bits per heavy atom. The van der Waals surface area contributed by atoms with Gasteiger partial charge in [0.05, 0.1) is 10.6 Å². The maximum absolute atomic E-state index is 12.2. The largest absolute Gasteiger partial charge is 0.480 e. The zero-order valence-electron chi connectivity index (χ0n) is 11.4. The number of benzene rings is 1. The maximum atomic E-state index is 12.2. The van der Waals surface area contributed by atoms with Crippen LogP contribution < -0.4 is 5.32 Å². The number of likely N-dealkylation sites (tertiary alicyclic amines) is 1. The van der Waals surface area contributed by atoms with Crippen LogP contribution in [0.2, 0.25) is 5.02 Å². The average Bonchev–Trinajstić information content (AvgIpc) is 2.82. The lowest BCUT2D eigenvalue weighted by Gasteiger charge is -2.31. The number of urea groups is 1. The van der Waals surface area contributed by atoms with Crippen molar-refractivity contribution in [2.45, 2.75) is 25.3 Å². The van der Waals surface area contributed by atoms with Crippen molar-refractivity contribution in [1.82, 2.24) is 4.90 Å². The monoisotopic (exact) mass is 307 g/mol. The summed E-state index contributed by atoms with van der Waals surface area (Å²) in [6.45, 7) is 1.92. The molecule has 0 saturated carbocycles. The molecule has 1 aromatic rings. The Bertz CT molecular complexity index is 641. The zero-order chi connectivity index (χ0) is 15.6. The number of nitriles is 1. The van der Waals surface area contributed by atoms with Gasteiger partial charge in [0.1, 0.15) is 11.6 Å². The third kappa shape index (κ3) is 2.78. The van der Waals surface area contributed by atoms with E-state index in [0.717, 1.165) is 0 Å². The molecule has 2 rings (SSSR count). The molecule has 1 heterocycles. The van der Waals surface area contributed by atoms with E-state index in [1.807, 2.05) is 6.07 Å². The van der Waals surface area contributed by atoms with Gasteiger partial charge in [-0.1, -0.05) is 11.6 Å². The van der Waals surface area contributed by atoms with Gasteiger partial charge >= 0.3 is 12.0 Å². The Morgan fingerprint density at radius 2 is 2.24 bits per heavy atom. The minimum Gasteiger partial charge on any atom is -0.480 e. The predicted octanol–water partition coefficient (Wildman–Crippen LogP) is 2.68. The summed E-state index contributed by atoms with van der Waals surface area (Å²) in [5.74, 6) is -1.02. The van der Waals surface area contributed by atoms with Crippen LogP contribution in [-0.4, -0.2) is 34.1 Å². The molecule has 2 amide bonds. The number of carboxylic acid groups (broad SMARTS) is 1. The van der Waals surface area contributed by atoms with Crippen molar-refractivity contribution in [2.75, 3.05) is 11.9 Å². The highest BCUT2D eigenvalue weighted by atomic mass is 35.5. The lowest BCUT2D eigenvalue weighted by molar-refractivity contribution is -0.146. The van der Waals surface area contributed by atoms with Crippen LogP contribution >= 0.6 is 11.6 Å². The molecule has 1 unspecified atom stereocenters. The fourth-order valence-corrected chi connectivity index (χ4v) is 2.61. The van der Waals surface area contributed by atoms with Crippen molar-refractivity contribution >= 4 is 29.3 Å². The summed E-state index contributed by atoms with van der Waals surface area (Å²) in [4.78, 5) is 24.9. The Hall–Kier alpha value is -2.26. The maximum Gasteiger partial charge on any atom is 0.329 e. The molecule has 1 fully saturated rings. The number of anilines is 1. The predicted molar refractivity (Wildman–Crippen MR) is 77.2 cm³/mol. The highest BCUT2D eigenvalue weighted by Crippen LogP contribution is 2.30. The number of hydrogen-bond acceptors (Lipinski definition) is 3. The van der Waals surface area contributed by atoms with Crippen LogP contribution in [0.1, 0.15) is 25.3 Å². The molecule has 0 radical (unpaired) electrons. The van der Waals surface area contributed by atoms with Gasteiger partial charge in [-0.25, -0.2) is 9.59 Å². The lowest BCUT2D eigenvalue weighted by Crippen LogP contribution is -2.52. The molecule has 1 aliphatic heterocycles. The van der Waals surface area contributed by atoms with E-state index in [1.165, 1.54) is 24.0 Å². The molecule has 1 aliphatic rings. The zero-order valence-corrected chi connectivity index (χ0v) is 12.1. The highest BCUT2D eigenvalue weighted by Gasteiger charge is 2.46. The number of hydrogen-bond donors (Lipinski definition) is 2. The molecule has 1 saturated heterocycles. The fraction of sp³-hybridized carbons (Fsp3) is 0.357. The molecule has 0 aromatic heterocycles. The van der Waals surface area contributed by atoms with Gasteiger partial charge in [0.2, 0.25) is 0 Å². The third-order valence-electron chi connectivity index (χ3n) is 3.69. The molecular formula is C14H14ClN3O3. The molecule has 21 heavy (non-hydrogen) atoms. The van der Waals surface area contributed by atoms with E-state index in [1.54, 1.807) is 6.07 Å². The number of carbonyl (C=O) groups is 2. The van der Waals surface area contributed by atoms with Crippen LogP contribution in [0.3, 0.4) is 0 Å². The minimum atomic E-state index is -1.19. The number of carbonyl (C=O) groups excluding carboxylic acids is 1. The van der Waals surface area contributed by atoms with E-state index in [2.05, 4.69) is 5.32 Å².